The maximum atomic E-state index is 13.2. The van der Waals surface area contributed by atoms with Crippen molar-refractivity contribution in [2.24, 2.45) is 0 Å². The quantitative estimate of drug-likeness (QED) is 0.487. The van der Waals surface area contributed by atoms with E-state index in [9.17, 15) is 14.4 Å². The van der Waals surface area contributed by atoms with Crippen LogP contribution in [0.2, 0.25) is 0 Å². The molecule has 2 rings (SSSR count). The third-order valence-corrected chi connectivity index (χ3v) is 5.27. The van der Waals surface area contributed by atoms with E-state index in [0.717, 1.165) is 0 Å². The van der Waals surface area contributed by atoms with E-state index in [1.807, 2.05) is 6.92 Å². The number of esters is 1. The first-order valence-electron chi connectivity index (χ1n) is 10.4. The molecule has 1 aliphatic heterocycles. The van der Waals surface area contributed by atoms with Gasteiger partial charge in [0.15, 0.2) is 11.5 Å². The highest BCUT2D eigenvalue weighted by molar-refractivity contribution is 5.97. The maximum absolute atomic E-state index is 13.2. The van der Waals surface area contributed by atoms with Gasteiger partial charge in [-0.05, 0) is 26.8 Å². The van der Waals surface area contributed by atoms with Gasteiger partial charge in [-0.15, -0.1) is 0 Å². The normalized spacial score (nSPS) is 17.3. The Morgan fingerprint density at radius 3 is 2.28 bits per heavy atom. The Kier molecular flexibility index (Phi) is 8.71. The lowest BCUT2D eigenvalue weighted by Crippen LogP contribution is -2.64. The Morgan fingerprint density at radius 2 is 1.75 bits per heavy atom. The van der Waals surface area contributed by atoms with Crippen LogP contribution in [0.15, 0.2) is 6.07 Å². The molecule has 0 radical (unpaired) electrons. The Labute approximate surface area is 188 Å². The molecule has 2 unspecified atom stereocenters. The molecule has 1 heterocycles. The number of rotatable bonds is 10. The smallest absolute Gasteiger partial charge is 0.356 e. The molecule has 0 aliphatic carbocycles. The van der Waals surface area contributed by atoms with Gasteiger partial charge in [-0.3, -0.25) is 14.5 Å². The van der Waals surface area contributed by atoms with Crippen molar-refractivity contribution in [3.05, 3.63) is 17.2 Å². The molecule has 1 aromatic rings. The zero-order valence-corrected chi connectivity index (χ0v) is 19.7. The van der Waals surface area contributed by atoms with E-state index in [4.69, 9.17) is 23.7 Å². The molecule has 1 aliphatic rings. The summed E-state index contributed by atoms with van der Waals surface area (Å²) in [6.45, 7) is 5.27. The van der Waals surface area contributed by atoms with Crippen molar-refractivity contribution < 1.29 is 38.1 Å². The number of nitrogens with zero attached hydrogens (tertiary/aromatic N) is 2. The van der Waals surface area contributed by atoms with Crippen LogP contribution in [0.3, 0.4) is 0 Å². The molecule has 0 N–H and O–H groups in total. The van der Waals surface area contributed by atoms with Crippen molar-refractivity contribution in [2.45, 2.75) is 39.5 Å². The minimum absolute atomic E-state index is 0.0717. The van der Waals surface area contributed by atoms with E-state index < -0.39 is 24.1 Å². The van der Waals surface area contributed by atoms with Crippen molar-refractivity contribution >= 4 is 17.8 Å². The molecule has 2 atom stereocenters. The highest BCUT2D eigenvalue weighted by Crippen LogP contribution is 2.40. The van der Waals surface area contributed by atoms with Gasteiger partial charge in [-0.1, -0.05) is 0 Å². The summed E-state index contributed by atoms with van der Waals surface area (Å²) in [5, 5.41) is 0. The summed E-state index contributed by atoms with van der Waals surface area (Å²) in [4.78, 5) is 41.3. The summed E-state index contributed by atoms with van der Waals surface area (Å²) < 4.78 is 27.1. The first-order chi connectivity index (χ1) is 15.2. The topological polar surface area (TPSA) is 104 Å². The molecule has 10 heteroatoms. The highest BCUT2D eigenvalue weighted by atomic mass is 16.6. The Balaban J connectivity index is 2.58. The SMILES string of the molecule is CCOC(=O)C(OCC)N1C(=O)CN(C)C(=O)C1Cc1cc(OC)c(OC)c(C)c1OC. The van der Waals surface area contributed by atoms with Gasteiger partial charge in [-0.2, -0.15) is 0 Å². The predicted octanol–water partition coefficient (Wildman–Crippen LogP) is 1.16. The van der Waals surface area contributed by atoms with E-state index in [2.05, 4.69) is 0 Å². The number of hydrogen-bond donors (Lipinski definition) is 0. The lowest BCUT2D eigenvalue weighted by molar-refractivity contribution is -0.187. The molecule has 32 heavy (non-hydrogen) atoms. The van der Waals surface area contributed by atoms with Crippen LogP contribution in [0.25, 0.3) is 0 Å². The second kappa shape index (κ2) is 11.0. The number of methoxy groups -OCH3 is 3. The number of piperazine rings is 1. The molecule has 1 saturated heterocycles. The lowest BCUT2D eigenvalue weighted by Gasteiger charge is -2.41. The first kappa shape index (κ1) is 25.3. The summed E-state index contributed by atoms with van der Waals surface area (Å²) in [5.74, 6) is 0.00224. The molecule has 178 valence electrons. The van der Waals surface area contributed by atoms with E-state index in [-0.39, 0.29) is 32.1 Å². The fourth-order valence-electron chi connectivity index (χ4n) is 3.89. The van der Waals surface area contributed by atoms with Crippen molar-refractivity contribution in [1.82, 2.24) is 9.80 Å². The fourth-order valence-corrected chi connectivity index (χ4v) is 3.89. The standard InChI is InChI=1S/C22H32N2O8/c1-8-31-21(22(27)32-9-2)24-15(20(26)23(4)12-17(24)25)10-14-11-16(28-5)19(30-7)13(3)18(14)29-6/h11,15,21H,8-10,12H2,1-7H3. The second-order valence-electron chi connectivity index (χ2n) is 7.20. The lowest BCUT2D eigenvalue weighted by atomic mass is 9.97. The monoisotopic (exact) mass is 452 g/mol. The number of benzene rings is 1. The molecule has 0 spiro atoms. The molecule has 0 saturated carbocycles. The predicted molar refractivity (Wildman–Crippen MR) is 115 cm³/mol. The number of carbonyl (C=O) groups excluding carboxylic acids is 3. The zero-order valence-electron chi connectivity index (χ0n) is 19.7. The average Bonchev–Trinajstić information content (AvgIpc) is 2.76. The highest BCUT2D eigenvalue weighted by Gasteiger charge is 2.45. The van der Waals surface area contributed by atoms with Gasteiger partial charge in [0.1, 0.15) is 11.8 Å². The molecule has 2 amide bonds. The van der Waals surface area contributed by atoms with Gasteiger partial charge in [0.25, 0.3) is 0 Å². The summed E-state index contributed by atoms with van der Waals surface area (Å²) in [6.07, 6.45) is -1.26. The van der Waals surface area contributed by atoms with Crippen molar-refractivity contribution in [1.29, 1.82) is 0 Å². The summed E-state index contributed by atoms with van der Waals surface area (Å²) in [6, 6.07) is 0.698. The fraction of sp³-hybridized carbons (Fsp3) is 0.591. The van der Waals surface area contributed by atoms with Gasteiger partial charge >= 0.3 is 5.97 Å². The van der Waals surface area contributed by atoms with Crippen molar-refractivity contribution in [3.63, 3.8) is 0 Å². The summed E-state index contributed by atoms with van der Waals surface area (Å²) in [7, 11) is 6.09. The van der Waals surface area contributed by atoms with Crippen LogP contribution in [0.1, 0.15) is 25.0 Å². The zero-order chi connectivity index (χ0) is 24.0. The Hall–Kier alpha value is -3.01. The molecule has 1 aromatic carbocycles. The number of amides is 2. The number of likely N-dealkylation sites (N-methyl/N-ethyl adjacent to an activating group) is 1. The average molecular weight is 453 g/mol. The maximum Gasteiger partial charge on any atom is 0.356 e. The summed E-state index contributed by atoms with van der Waals surface area (Å²) >= 11 is 0. The number of hydrogen-bond acceptors (Lipinski definition) is 8. The van der Waals surface area contributed by atoms with Gasteiger partial charge < -0.3 is 28.6 Å². The van der Waals surface area contributed by atoms with E-state index in [1.54, 1.807) is 27.0 Å². The van der Waals surface area contributed by atoms with Gasteiger partial charge in [0.2, 0.25) is 18.0 Å². The Morgan fingerprint density at radius 1 is 1.09 bits per heavy atom. The van der Waals surface area contributed by atoms with Crippen LogP contribution in [-0.2, 0) is 30.3 Å². The van der Waals surface area contributed by atoms with Crippen LogP contribution < -0.4 is 14.2 Å². The van der Waals surface area contributed by atoms with Crippen LogP contribution in [0.4, 0.5) is 0 Å². The van der Waals surface area contributed by atoms with E-state index >= 15 is 0 Å². The largest absolute Gasteiger partial charge is 0.496 e. The van der Waals surface area contributed by atoms with E-state index in [1.165, 1.54) is 31.1 Å². The molecule has 0 aromatic heterocycles. The van der Waals surface area contributed by atoms with Crippen LogP contribution >= 0.6 is 0 Å². The number of ether oxygens (including phenoxy) is 5. The molecular formula is C22H32N2O8. The molecular weight excluding hydrogens is 420 g/mol. The minimum atomic E-state index is -1.33. The minimum Gasteiger partial charge on any atom is -0.496 e. The van der Waals surface area contributed by atoms with Crippen molar-refractivity contribution in [2.75, 3.05) is 48.1 Å². The van der Waals surface area contributed by atoms with Crippen LogP contribution in [0.5, 0.6) is 17.2 Å². The third-order valence-electron chi connectivity index (χ3n) is 5.27. The summed E-state index contributed by atoms with van der Waals surface area (Å²) in [5.41, 5.74) is 1.30. The van der Waals surface area contributed by atoms with Gasteiger partial charge in [0, 0.05) is 31.2 Å². The molecule has 10 nitrogen and oxygen atoms in total. The van der Waals surface area contributed by atoms with Gasteiger partial charge in [-0.25, -0.2) is 4.79 Å². The van der Waals surface area contributed by atoms with Crippen LogP contribution in [-0.4, -0.2) is 88.0 Å². The number of carbonyl (C=O) groups is 3. The van der Waals surface area contributed by atoms with Gasteiger partial charge in [0.05, 0.1) is 34.5 Å². The third kappa shape index (κ3) is 4.90. The Bertz CT molecular complexity index is 857. The molecule has 1 fully saturated rings. The van der Waals surface area contributed by atoms with Crippen molar-refractivity contribution in [3.8, 4) is 17.2 Å². The van der Waals surface area contributed by atoms with E-state index in [0.29, 0.717) is 28.4 Å². The first-order valence-corrected chi connectivity index (χ1v) is 10.4. The second-order valence-corrected chi connectivity index (χ2v) is 7.20. The molecule has 0 bridgehead atoms. The van der Waals surface area contributed by atoms with Crippen LogP contribution in [0, 0.1) is 6.92 Å².